The molecule has 2 saturated heterocycles. The minimum atomic E-state index is -3.34. The summed E-state index contributed by atoms with van der Waals surface area (Å²) in [5, 5.41) is 0. The van der Waals surface area contributed by atoms with Crippen LogP contribution in [0, 0.1) is 0 Å². The molecular formula is C33H60O12Si5. The van der Waals surface area contributed by atoms with E-state index >= 15 is 0 Å². The molecule has 4 aliphatic rings. The Morgan fingerprint density at radius 3 is 1.50 bits per heavy atom. The first-order valence-electron chi connectivity index (χ1n) is 17.7. The Morgan fingerprint density at radius 2 is 1.12 bits per heavy atom. The molecule has 0 aromatic heterocycles. The van der Waals surface area contributed by atoms with Crippen LogP contribution in [0.4, 0.5) is 0 Å². The zero-order valence-electron chi connectivity index (χ0n) is 31.1. The average molecular weight is 789 g/mol. The Hall–Kier alpha value is -0.696. The summed E-state index contributed by atoms with van der Waals surface area (Å²) >= 11 is 0. The van der Waals surface area contributed by atoms with Crippen LogP contribution < -0.4 is 0 Å². The van der Waals surface area contributed by atoms with Crippen LogP contribution in [-0.4, -0.2) is 124 Å². The molecule has 0 amide bonds. The monoisotopic (exact) mass is 788 g/mol. The first-order valence-corrected chi connectivity index (χ1v) is 28.7. The summed E-state index contributed by atoms with van der Waals surface area (Å²) in [6, 6.07) is 1.15. The average Bonchev–Trinajstić information content (AvgIpc) is 4.07. The molecule has 2 aliphatic heterocycles. The molecular weight excluding hydrogens is 729 g/mol. The van der Waals surface area contributed by atoms with Crippen molar-refractivity contribution >= 4 is 43.3 Å². The molecule has 0 bridgehead atoms. The zero-order valence-corrected chi connectivity index (χ0v) is 36.1. The van der Waals surface area contributed by atoms with Crippen molar-refractivity contribution in [1.29, 1.82) is 0 Å². The maximum absolute atomic E-state index is 7.55. The molecule has 5 unspecified atom stereocenters. The van der Waals surface area contributed by atoms with Gasteiger partial charge in [0.2, 0.25) is 0 Å². The third kappa shape index (κ3) is 12.4. The topological polar surface area (TPSA) is 117 Å². The predicted molar refractivity (Wildman–Crippen MR) is 202 cm³/mol. The van der Waals surface area contributed by atoms with Crippen LogP contribution in [0.25, 0.3) is 0 Å². The molecule has 0 N–H and O–H groups in total. The lowest BCUT2D eigenvalue weighted by Crippen LogP contribution is -2.66. The highest BCUT2D eigenvalue weighted by Gasteiger charge is 2.61. The van der Waals surface area contributed by atoms with E-state index in [2.05, 4.69) is 68.3 Å². The minimum absolute atomic E-state index is 0.0190. The fourth-order valence-electron chi connectivity index (χ4n) is 6.29. The molecule has 2 aliphatic carbocycles. The quantitative estimate of drug-likeness (QED) is 0.0566. The Balaban J connectivity index is 1.58. The smallest absolute Gasteiger partial charge is 0.415 e. The van der Waals surface area contributed by atoms with Crippen LogP contribution in [0.1, 0.15) is 25.7 Å². The van der Waals surface area contributed by atoms with Crippen molar-refractivity contribution in [2.24, 2.45) is 0 Å². The molecule has 2 fully saturated rings. The molecule has 0 spiro atoms. The van der Waals surface area contributed by atoms with Crippen LogP contribution in [0.2, 0.25) is 42.8 Å². The van der Waals surface area contributed by atoms with Crippen molar-refractivity contribution in [2.75, 3.05) is 68.1 Å². The lowest BCUT2D eigenvalue weighted by atomic mass is 10.2. The van der Waals surface area contributed by atoms with Crippen molar-refractivity contribution in [1.82, 2.24) is 0 Å². The van der Waals surface area contributed by atoms with Gasteiger partial charge in [0.15, 0.2) is 0 Å². The number of epoxide rings is 2. The second-order valence-electron chi connectivity index (χ2n) is 13.5. The van der Waals surface area contributed by atoms with Crippen molar-refractivity contribution in [3.05, 3.63) is 60.9 Å². The Kier molecular flexibility index (Phi) is 16.5. The maximum atomic E-state index is 7.55. The Labute approximate surface area is 305 Å². The van der Waals surface area contributed by atoms with Gasteiger partial charge in [-0.25, -0.2) is 0 Å². The summed E-state index contributed by atoms with van der Waals surface area (Å²) in [6.07, 6.45) is 20.5. The van der Waals surface area contributed by atoms with E-state index in [9.17, 15) is 0 Å². The molecule has 0 saturated carbocycles. The standard InChI is InChI=1S/C33H60O12Si5/c1-9-47(8,44-48(34-2,35-3)24-16-22-38-26-30-28-40-30)42-46(6,7)43-50(32-18-12-10-13-19-32,33-20-14-11-15-21-33)45-49(36-4,37-5)25-17-23-39-27-31-29-41-31/h9-15,18,20,30-33H,1,16-17,19,21-29H2,2-8H3. The van der Waals surface area contributed by atoms with Crippen LogP contribution >= 0.6 is 0 Å². The lowest BCUT2D eigenvalue weighted by molar-refractivity contribution is 0.104. The van der Waals surface area contributed by atoms with Crippen molar-refractivity contribution in [3.8, 4) is 0 Å². The van der Waals surface area contributed by atoms with Gasteiger partial charge in [0, 0.05) is 64.8 Å². The van der Waals surface area contributed by atoms with E-state index in [4.69, 9.17) is 53.1 Å². The number of rotatable bonds is 27. The second kappa shape index (κ2) is 19.6. The van der Waals surface area contributed by atoms with Gasteiger partial charge in [-0.2, -0.15) is 0 Å². The van der Waals surface area contributed by atoms with Gasteiger partial charge in [0.25, 0.3) is 0 Å². The summed E-state index contributed by atoms with van der Waals surface area (Å²) in [6.45, 7) is 14.1. The molecule has 50 heavy (non-hydrogen) atoms. The van der Waals surface area contributed by atoms with E-state index in [0.29, 0.717) is 44.9 Å². The van der Waals surface area contributed by atoms with Crippen LogP contribution in [0.15, 0.2) is 60.9 Å². The normalized spacial score (nSPS) is 25.7. The summed E-state index contributed by atoms with van der Waals surface area (Å²) in [5.41, 5.74) is 1.75. The first-order chi connectivity index (χ1) is 24.0. The number of hydrogen-bond donors (Lipinski definition) is 0. The highest BCUT2D eigenvalue weighted by atomic mass is 28.5. The van der Waals surface area contributed by atoms with Gasteiger partial charge >= 0.3 is 43.3 Å². The van der Waals surface area contributed by atoms with Gasteiger partial charge in [-0.15, -0.1) is 6.58 Å². The SMILES string of the molecule is C=C[Si](C)(O[Si](C)(C)O[Si](O[Si](CCCOCC1CO1)(OC)OC)(C1C=CC=CC1)C1C=CC=CC1)O[Si](CCCOCC1CO1)(OC)OC. The summed E-state index contributed by atoms with van der Waals surface area (Å²) in [7, 11) is -9.36. The third-order valence-corrected chi connectivity index (χ3v) is 29.4. The van der Waals surface area contributed by atoms with E-state index in [1.807, 2.05) is 6.55 Å². The van der Waals surface area contributed by atoms with E-state index < -0.39 is 43.3 Å². The molecule has 12 nitrogen and oxygen atoms in total. The molecule has 4 rings (SSSR count). The van der Waals surface area contributed by atoms with Gasteiger partial charge < -0.3 is 53.1 Å². The third-order valence-electron chi connectivity index (χ3n) is 9.09. The van der Waals surface area contributed by atoms with Crippen LogP contribution in [-0.2, 0) is 53.1 Å². The van der Waals surface area contributed by atoms with E-state index in [-0.39, 0.29) is 23.3 Å². The summed E-state index contributed by atoms with van der Waals surface area (Å²) in [4.78, 5) is 0. The predicted octanol–water partition coefficient (Wildman–Crippen LogP) is 5.84. The maximum Gasteiger partial charge on any atom is 0.491 e. The molecule has 17 heteroatoms. The van der Waals surface area contributed by atoms with Crippen molar-refractivity contribution in [3.63, 3.8) is 0 Å². The lowest BCUT2D eigenvalue weighted by Gasteiger charge is -2.49. The van der Waals surface area contributed by atoms with Crippen molar-refractivity contribution in [2.45, 2.75) is 80.7 Å². The van der Waals surface area contributed by atoms with Crippen molar-refractivity contribution < 1.29 is 53.1 Å². The number of ether oxygens (including phenoxy) is 4. The van der Waals surface area contributed by atoms with Gasteiger partial charge in [-0.1, -0.05) is 54.3 Å². The van der Waals surface area contributed by atoms with Gasteiger partial charge in [0.1, 0.15) is 12.2 Å². The Morgan fingerprint density at radius 1 is 0.660 bits per heavy atom. The van der Waals surface area contributed by atoms with E-state index in [1.165, 1.54) is 0 Å². The highest BCUT2D eigenvalue weighted by molar-refractivity contribution is 6.92. The fraction of sp³-hybridized carbons (Fsp3) is 0.697. The summed E-state index contributed by atoms with van der Waals surface area (Å²) < 4.78 is 75.6. The first kappa shape index (κ1) is 42.1. The van der Waals surface area contributed by atoms with Gasteiger partial charge in [-0.3, -0.25) is 0 Å². The van der Waals surface area contributed by atoms with Gasteiger partial charge in [0.05, 0.1) is 26.4 Å². The largest absolute Gasteiger partial charge is 0.491 e. The van der Waals surface area contributed by atoms with E-state index in [1.54, 1.807) is 34.1 Å². The molecule has 0 aromatic carbocycles. The van der Waals surface area contributed by atoms with Crippen LogP contribution in [0.5, 0.6) is 0 Å². The molecule has 2 heterocycles. The van der Waals surface area contributed by atoms with E-state index in [0.717, 1.165) is 32.5 Å². The molecule has 284 valence electrons. The van der Waals surface area contributed by atoms with Gasteiger partial charge in [-0.05, 0) is 45.3 Å². The minimum Gasteiger partial charge on any atom is -0.415 e. The molecule has 5 atom stereocenters. The summed E-state index contributed by atoms with van der Waals surface area (Å²) in [5.74, 6) is 0. The number of allylic oxidation sites excluding steroid dienone is 8. The Bertz CT molecular complexity index is 1140. The number of hydrogen-bond acceptors (Lipinski definition) is 12. The highest BCUT2D eigenvalue weighted by Crippen LogP contribution is 2.47. The van der Waals surface area contributed by atoms with Crippen LogP contribution in [0.3, 0.4) is 0 Å². The second-order valence-corrected chi connectivity index (χ2v) is 30.3. The molecule has 0 radical (unpaired) electrons. The zero-order chi connectivity index (χ0) is 36.1. The molecule has 0 aromatic rings. The fourth-order valence-corrected chi connectivity index (χ4v) is 29.1.